The zero-order valence-corrected chi connectivity index (χ0v) is 15.3. The average molecular weight is 362 g/mol. The summed E-state index contributed by atoms with van der Waals surface area (Å²) < 4.78 is 5.73. The quantitative estimate of drug-likeness (QED) is 0.696. The highest BCUT2D eigenvalue weighted by atomic mass is 16.5. The molecule has 1 N–H and O–H groups in total. The second-order valence-electron chi connectivity index (χ2n) is 6.62. The third-order valence-electron chi connectivity index (χ3n) is 4.68. The Morgan fingerprint density at radius 3 is 2.63 bits per heavy atom. The molecule has 6 heteroatoms. The van der Waals surface area contributed by atoms with Crippen molar-refractivity contribution in [3.8, 4) is 17.1 Å². The standard InChI is InChI=1S/C21H22N4O2/c1-2-27-19-6-4-3-5-17(19)13-25(18-11-12-18)21(26)16-9-7-15(8-10-16)20-22-14-23-24-20/h3-10,14,18H,2,11-13H2,1H3,(H,22,23,24). The Labute approximate surface area is 158 Å². The predicted octanol–water partition coefficient (Wildman–Crippen LogP) is 3.68. The van der Waals surface area contributed by atoms with Gasteiger partial charge in [0.1, 0.15) is 12.1 Å². The van der Waals surface area contributed by atoms with Gasteiger partial charge in [0, 0.05) is 29.3 Å². The van der Waals surface area contributed by atoms with Gasteiger partial charge in [0.15, 0.2) is 5.82 Å². The number of carbonyl (C=O) groups is 1. The molecule has 1 amide bonds. The minimum Gasteiger partial charge on any atom is -0.494 e. The topological polar surface area (TPSA) is 71.1 Å². The van der Waals surface area contributed by atoms with Gasteiger partial charge in [-0.25, -0.2) is 4.98 Å². The third-order valence-corrected chi connectivity index (χ3v) is 4.68. The summed E-state index contributed by atoms with van der Waals surface area (Å²) in [7, 11) is 0. The van der Waals surface area contributed by atoms with Crippen LogP contribution >= 0.6 is 0 Å². The van der Waals surface area contributed by atoms with E-state index >= 15 is 0 Å². The summed E-state index contributed by atoms with van der Waals surface area (Å²) in [6.07, 6.45) is 3.58. The minimum absolute atomic E-state index is 0.0490. The molecule has 6 nitrogen and oxygen atoms in total. The number of aromatic nitrogens is 3. The first kappa shape index (κ1) is 17.3. The lowest BCUT2D eigenvalue weighted by Gasteiger charge is -2.24. The predicted molar refractivity (Wildman–Crippen MR) is 102 cm³/mol. The number of rotatable bonds is 7. The lowest BCUT2D eigenvalue weighted by atomic mass is 10.1. The van der Waals surface area contributed by atoms with Crippen LogP contribution in [0.1, 0.15) is 35.7 Å². The number of amides is 1. The number of ether oxygens (including phenoxy) is 1. The number of nitrogens with zero attached hydrogens (tertiary/aromatic N) is 3. The molecular formula is C21H22N4O2. The van der Waals surface area contributed by atoms with E-state index in [2.05, 4.69) is 15.2 Å². The molecule has 0 aliphatic heterocycles. The van der Waals surface area contributed by atoms with E-state index in [1.54, 1.807) is 0 Å². The Morgan fingerprint density at radius 1 is 1.19 bits per heavy atom. The van der Waals surface area contributed by atoms with Gasteiger partial charge >= 0.3 is 0 Å². The Balaban J connectivity index is 1.55. The summed E-state index contributed by atoms with van der Waals surface area (Å²) >= 11 is 0. The zero-order chi connectivity index (χ0) is 18.6. The van der Waals surface area contributed by atoms with Gasteiger partial charge in [0.25, 0.3) is 5.91 Å². The van der Waals surface area contributed by atoms with E-state index in [4.69, 9.17) is 4.74 Å². The van der Waals surface area contributed by atoms with E-state index in [-0.39, 0.29) is 5.91 Å². The fourth-order valence-electron chi connectivity index (χ4n) is 3.15. The Bertz CT molecular complexity index is 902. The van der Waals surface area contributed by atoms with E-state index in [0.29, 0.717) is 30.6 Å². The maximum Gasteiger partial charge on any atom is 0.254 e. The van der Waals surface area contributed by atoms with Gasteiger partial charge in [-0.3, -0.25) is 9.89 Å². The van der Waals surface area contributed by atoms with Gasteiger partial charge in [-0.05, 0) is 38.0 Å². The zero-order valence-electron chi connectivity index (χ0n) is 15.3. The first-order chi connectivity index (χ1) is 13.3. The molecule has 0 bridgehead atoms. The maximum atomic E-state index is 13.1. The van der Waals surface area contributed by atoms with Gasteiger partial charge in [-0.2, -0.15) is 5.10 Å². The van der Waals surface area contributed by atoms with Crippen LogP contribution in [0.2, 0.25) is 0 Å². The second kappa shape index (κ2) is 7.61. The van der Waals surface area contributed by atoms with E-state index in [1.807, 2.05) is 60.4 Å². The van der Waals surface area contributed by atoms with Crippen LogP contribution in [0.3, 0.4) is 0 Å². The van der Waals surface area contributed by atoms with Crippen LogP contribution < -0.4 is 4.74 Å². The highest BCUT2D eigenvalue weighted by molar-refractivity contribution is 5.95. The van der Waals surface area contributed by atoms with Crippen molar-refractivity contribution in [2.24, 2.45) is 0 Å². The van der Waals surface area contributed by atoms with Gasteiger partial charge in [0.2, 0.25) is 0 Å². The lowest BCUT2D eigenvalue weighted by molar-refractivity contribution is 0.0728. The molecule has 0 unspecified atom stereocenters. The van der Waals surface area contributed by atoms with E-state index in [0.717, 1.165) is 29.7 Å². The fraction of sp³-hybridized carbons (Fsp3) is 0.286. The highest BCUT2D eigenvalue weighted by Crippen LogP contribution is 2.32. The molecule has 1 heterocycles. The molecule has 0 atom stereocenters. The summed E-state index contributed by atoms with van der Waals surface area (Å²) in [5.74, 6) is 1.59. The second-order valence-corrected chi connectivity index (χ2v) is 6.62. The molecule has 1 aromatic heterocycles. The number of hydrogen-bond acceptors (Lipinski definition) is 4. The first-order valence-electron chi connectivity index (χ1n) is 9.23. The molecule has 27 heavy (non-hydrogen) atoms. The van der Waals surface area contributed by atoms with E-state index in [1.165, 1.54) is 6.33 Å². The molecule has 1 aliphatic carbocycles. The van der Waals surface area contributed by atoms with Crippen molar-refractivity contribution in [1.82, 2.24) is 20.1 Å². The van der Waals surface area contributed by atoms with Crippen LogP contribution in [0, 0.1) is 0 Å². The number of para-hydroxylation sites is 1. The molecule has 0 saturated heterocycles. The minimum atomic E-state index is 0.0490. The third kappa shape index (κ3) is 3.84. The van der Waals surface area contributed by atoms with E-state index < -0.39 is 0 Å². The van der Waals surface area contributed by atoms with Gasteiger partial charge in [-0.15, -0.1) is 0 Å². The average Bonchev–Trinajstić information content (AvgIpc) is 3.40. The number of carbonyl (C=O) groups excluding carboxylic acids is 1. The highest BCUT2D eigenvalue weighted by Gasteiger charge is 2.33. The van der Waals surface area contributed by atoms with Crippen molar-refractivity contribution in [2.45, 2.75) is 32.4 Å². The number of nitrogens with one attached hydrogen (secondary N) is 1. The molecule has 4 rings (SSSR count). The summed E-state index contributed by atoms with van der Waals surface area (Å²) in [6, 6.07) is 15.7. The van der Waals surface area contributed by atoms with Crippen molar-refractivity contribution in [3.05, 3.63) is 66.0 Å². The normalized spacial score (nSPS) is 13.4. The summed E-state index contributed by atoms with van der Waals surface area (Å²) in [5.41, 5.74) is 2.63. The Morgan fingerprint density at radius 2 is 1.96 bits per heavy atom. The number of benzene rings is 2. The monoisotopic (exact) mass is 362 g/mol. The van der Waals surface area contributed by atoms with Crippen LogP contribution in [-0.4, -0.2) is 38.6 Å². The molecule has 3 aromatic rings. The molecule has 1 aliphatic rings. The van der Waals surface area contributed by atoms with Crippen LogP contribution in [0.25, 0.3) is 11.4 Å². The SMILES string of the molecule is CCOc1ccccc1CN(C(=O)c1ccc(-c2ncn[nH]2)cc1)C1CC1. The molecule has 138 valence electrons. The first-order valence-corrected chi connectivity index (χ1v) is 9.23. The molecular weight excluding hydrogens is 340 g/mol. The van der Waals surface area contributed by atoms with Crippen LogP contribution in [0.5, 0.6) is 5.75 Å². The van der Waals surface area contributed by atoms with Crippen LogP contribution in [-0.2, 0) is 6.54 Å². The van der Waals surface area contributed by atoms with Gasteiger partial charge in [0.05, 0.1) is 6.61 Å². The van der Waals surface area contributed by atoms with Crippen LogP contribution in [0.15, 0.2) is 54.9 Å². The maximum absolute atomic E-state index is 13.1. The summed E-state index contributed by atoms with van der Waals surface area (Å²) in [4.78, 5) is 19.2. The number of aromatic amines is 1. The van der Waals surface area contributed by atoms with Gasteiger partial charge < -0.3 is 9.64 Å². The molecule has 0 radical (unpaired) electrons. The van der Waals surface area contributed by atoms with Crippen molar-refractivity contribution in [2.75, 3.05) is 6.61 Å². The smallest absolute Gasteiger partial charge is 0.254 e. The van der Waals surface area contributed by atoms with Crippen molar-refractivity contribution >= 4 is 5.91 Å². The molecule has 0 spiro atoms. The van der Waals surface area contributed by atoms with E-state index in [9.17, 15) is 4.79 Å². The molecule has 2 aromatic carbocycles. The largest absolute Gasteiger partial charge is 0.494 e. The van der Waals surface area contributed by atoms with Crippen molar-refractivity contribution < 1.29 is 9.53 Å². The van der Waals surface area contributed by atoms with Crippen LogP contribution in [0.4, 0.5) is 0 Å². The number of hydrogen-bond donors (Lipinski definition) is 1. The summed E-state index contributed by atoms with van der Waals surface area (Å²) in [6.45, 7) is 3.14. The Kier molecular flexibility index (Phi) is 4.87. The summed E-state index contributed by atoms with van der Waals surface area (Å²) in [5, 5.41) is 6.70. The Hall–Kier alpha value is -3.15. The van der Waals surface area contributed by atoms with Gasteiger partial charge in [-0.1, -0.05) is 30.3 Å². The molecule has 1 saturated carbocycles. The lowest BCUT2D eigenvalue weighted by Crippen LogP contribution is -2.32. The molecule has 1 fully saturated rings. The van der Waals surface area contributed by atoms with Crippen molar-refractivity contribution in [3.63, 3.8) is 0 Å². The fourth-order valence-corrected chi connectivity index (χ4v) is 3.15. The number of H-pyrrole nitrogens is 1. The van der Waals surface area contributed by atoms with Crippen molar-refractivity contribution in [1.29, 1.82) is 0 Å².